The normalized spacial score (nSPS) is 9.95. The van der Waals surface area contributed by atoms with Crippen LogP contribution < -0.4 is 17.1 Å². The van der Waals surface area contributed by atoms with Crippen LogP contribution in [0.4, 0.5) is 0 Å². The molecule has 0 amide bonds. The lowest BCUT2D eigenvalue weighted by Crippen LogP contribution is -3.00. The smallest absolute Gasteiger partial charge is 0.313 e. The molecule has 2 aromatic rings. The molecule has 0 unspecified atom stereocenters. The van der Waals surface area contributed by atoms with E-state index in [0.29, 0.717) is 11.7 Å². The molecule has 0 bridgehead atoms. The minimum atomic E-state index is -0.824. The molecular formula is C10H12ClN5O2S. The van der Waals surface area contributed by atoms with Crippen molar-refractivity contribution in [3.8, 4) is 11.4 Å². The maximum absolute atomic E-state index is 10.4. The number of halogens is 1. The molecule has 0 aromatic carbocycles. The lowest BCUT2D eigenvalue weighted by molar-refractivity contribution is -0.734. The van der Waals surface area contributed by atoms with E-state index in [4.69, 9.17) is 5.11 Å². The van der Waals surface area contributed by atoms with Crippen molar-refractivity contribution < 1.29 is 27.0 Å². The van der Waals surface area contributed by atoms with Crippen molar-refractivity contribution >= 4 is 17.7 Å². The fourth-order valence-electron chi connectivity index (χ4n) is 1.29. The third-order valence-electron chi connectivity index (χ3n) is 2.08. The summed E-state index contributed by atoms with van der Waals surface area (Å²) < 4.78 is 3.29. The third-order valence-corrected chi connectivity index (χ3v) is 2.98. The molecular weight excluding hydrogens is 290 g/mol. The average molecular weight is 302 g/mol. The Morgan fingerprint density at radius 2 is 2.37 bits per heavy atom. The number of aromatic nitrogens is 5. The highest BCUT2D eigenvalue weighted by atomic mass is 35.5. The van der Waals surface area contributed by atoms with Gasteiger partial charge in [-0.3, -0.25) is 9.48 Å². The Morgan fingerprint density at radius 3 is 2.89 bits per heavy atom. The van der Waals surface area contributed by atoms with E-state index in [-0.39, 0.29) is 18.2 Å². The largest absolute Gasteiger partial charge is 1.00 e. The summed E-state index contributed by atoms with van der Waals surface area (Å²) in [7, 11) is 1.80. The molecule has 0 aliphatic carbocycles. The predicted molar refractivity (Wildman–Crippen MR) is 64.5 cm³/mol. The quantitative estimate of drug-likeness (QED) is 0.591. The summed E-state index contributed by atoms with van der Waals surface area (Å²) in [6, 6.07) is 1.85. The van der Waals surface area contributed by atoms with E-state index in [2.05, 4.69) is 15.2 Å². The minimum Gasteiger partial charge on any atom is -1.00 e. The van der Waals surface area contributed by atoms with Gasteiger partial charge < -0.3 is 17.5 Å². The standard InChI is InChI=1S/C10H11N5O2S.ClH/c1-14-6-11-10(13-14)8-2-3-15(12-4-8)7-18-5-9(16)17;/h2-4,6H,5,7H2,1H3;1H. The van der Waals surface area contributed by atoms with Gasteiger partial charge in [0, 0.05) is 13.1 Å². The number of nitrogens with zero attached hydrogens (tertiary/aromatic N) is 5. The molecule has 0 aliphatic rings. The molecule has 0 saturated carbocycles. The molecule has 2 aromatic heterocycles. The number of carbonyl (C=O) groups is 1. The zero-order valence-corrected chi connectivity index (χ0v) is 11.7. The van der Waals surface area contributed by atoms with Crippen LogP contribution in [0, 0.1) is 0 Å². The van der Waals surface area contributed by atoms with Crippen LogP contribution in [0.5, 0.6) is 0 Å². The molecule has 0 radical (unpaired) electrons. The number of hydrogen-bond acceptors (Lipinski definition) is 5. The van der Waals surface area contributed by atoms with Crippen LogP contribution in [0.2, 0.25) is 0 Å². The van der Waals surface area contributed by atoms with Gasteiger partial charge in [-0.1, -0.05) is 16.4 Å². The Kier molecular flexibility index (Phi) is 5.71. The predicted octanol–water partition coefficient (Wildman–Crippen LogP) is -3.06. The first-order chi connectivity index (χ1) is 8.65. The minimum absolute atomic E-state index is 0. The van der Waals surface area contributed by atoms with Crippen molar-refractivity contribution in [2.24, 2.45) is 7.05 Å². The van der Waals surface area contributed by atoms with Crippen molar-refractivity contribution in [2.75, 3.05) is 5.75 Å². The van der Waals surface area contributed by atoms with Gasteiger partial charge in [0.15, 0.2) is 12.0 Å². The Hall–Kier alpha value is -1.67. The maximum Gasteiger partial charge on any atom is 0.313 e. The van der Waals surface area contributed by atoms with E-state index in [1.165, 1.54) is 11.8 Å². The Bertz CT molecular complexity index is 545. The molecule has 0 spiro atoms. The van der Waals surface area contributed by atoms with E-state index in [9.17, 15) is 4.79 Å². The van der Waals surface area contributed by atoms with Crippen LogP contribution in [0.25, 0.3) is 11.4 Å². The molecule has 0 atom stereocenters. The first-order valence-electron chi connectivity index (χ1n) is 5.16. The van der Waals surface area contributed by atoms with Gasteiger partial charge in [-0.15, -0.1) is 0 Å². The van der Waals surface area contributed by atoms with E-state index in [1.54, 1.807) is 35.1 Å². The molecule has 0 aliphatic heterocycles. The van der Waals surface area contributed by atoms with Gasteiger partial charge in [0.2, 0.25) is 5.88 Å². The SMILES string of the molecule is Cn1cnc(-c2cc[n+](CSCC(=O)O)nc2)n1.[Cl-]. The second-order valence-corrected chi connectivity index (χ2v) is 4.52. The number of carboxylic acids is 1. The van der Waals surface area contributed by atoms with Gasteiger partial charge in [-0.25, -0.2) is 4.98 Å². The van der Waals surface area contributed by atoms with Gasteiger partial charge >= 0.3 is 5.97 Å². The van der Waals surface area contributed by atoms with Gasteiger partial charge in [0.25, 0.3) is 0 Å². The molecule has 19 heavy (non-hydrogen) atoms. The van der Waals surface area contributed by atoms with E-state index in [0.717, 1.165) is 5.56 Å². The van der Waals surface area contributed by atoms with Crippen molar-refractivity contribution in [1.29, 1.82) is 0 Å². The molecule has 2 rings (SSSR count). The van der Waals surface area contributed by atoms with Crippen LogP contribution in [0.3, 0.4) is 0 Å². The highest BCUT2D eigenvalue weighted by Crippen LogP contribution is 2.10. The molecule has 1 N–H and O–H groups in total. The van der Waals surface area contributed by atoms with E-state index >= 15 is 0 Å². The highest BCUT2D eigenvalue weighted by molar-refractivity contribution is 7.98. The van der Waals surface area contributed by atoms with Crippen molar-refractivity contribution in [3.63, 3.8) is 0 Å². The molecule has 2 heterocycles. The number of thioether (sulfide) groups is 1. The Balaban J connectivity index is 0.00000180. The van der Waals surface area contributed by atoms with Gasteiger partial charge in [-0.05, 0) is 5.10 Å². The molecule has 9 heteroatoms. The summed E-state index contributed by atoms with van der Waals surface area (Å²) >= 11 is 1.29. The van der Waals surface area contributed by atoms with Crippen LogP contribution in [-0.4, -0.2) is 36.7 Å². The van der Waals surface area contributed by atoms with Gasteiger partial charge in [-0.2, -0.15) is 5.10 Å². The molecule has 7 nitrogen and oxygen atoms in total. The van der Waals surface area contributed by atoms with Crippen LogP contribution in [-0.2, 0) is 17.7 Å². The zero-order valence-electron chi connectivity index (χ0n) is 10.1. The highest BCUT2D eigenvalue weighted by Gasteiger charge is 2.08. The topological polar surface area (TPSA) is 84.8 Å². The summed E-state index contributed by atoms with van der Waals surface area (Å²) in [6.07, 6.45) is 5.07. The van der Waals surface area contributed by atoms with Crippen LogP contribution in [0.15, 0.2) is 24.8 Å². The Morgan fingerprint density at radius 1 is 1.58 bits per heavy atom. The third kappa shape index (κ3) is 4.49. The molecule has 0 saturated heterocycles. The number of carboxylic acid groups (broad SMARTS) is 1. The first-order valence-corrected chi connectivity index (χ1v) is 6.32. The maximum atomic E-state index is 10.4. The number of rotatable bonds is 5. The van der Waals surface area contributed by atoms with Gasteiger partial charge in [0.05, 0.1) is 11.3 Å². The van der Waals surface area contributed by atoms with Crippen LogP contribution in [0.1, 0.15) is 0 Å². The summed E-state index contributed by atoms with van der Waals surface area (Å²) in [4.78, 5) is 14.5. The molecule has 102 valence electrons. The summed E-state index contributed by atoms with van der Waals surface area (Å²) in [5.74, 6) is 0.366. The van der Waals surface area contributed by atoms with Crippen molar-refractivity contribution in [2.45, 2.75) is 5.88 Å². The fourth-order valence-corrected chi connectivity index (χ4v) is 1.90. The number of aliphatic carboxylic acids is 1. The average Bonchev–Trinajstić information content (AvgIpc) is 2.76. The zero-order chi connectivity index (χ0) is 13.0. The van der Waals surface area contributed by atoms with Crippen LogP contribution >= 0.6 is 11.8 Å². The second kappa shape index (κ2) is 7.05. The van der Waals surface area contributed by atoms with E-state index < -0.39 is 5.97 Å². The van der Waals surface area contributed by atoms with Crippen molar-refractivity contribution in [3.05, 3.63) is 24.8 Å². The summed E-state index contributed by atoms with van der Waals surface area (Å²) in [5, 5.41) is 16.9. The Labute approximate surface area is 120 Å². The summed E-state index contributed by atoms with van der Waals surface area (Å²) in [5.41, 5.74) is 0.829. The van der Waals surface area contributed by atoms with Gasteiger partial charge in [0.1, 0.15) is 12.5 Å². The van der Waals surface area contributed by atoms with E-state index in [1.807, 2.05) is 6.07 Å². The first kappa shape index (κ1) is 15.4. The molecule has 0 fully saturated rings. The second-order valence-electron chi connectivity index (χ2n) is 3.57. The van der Waals surface area contributed by atoms with Crippen molar-refractivity contribution in [1.82, 2.24) is 19.9 Å². The fraction of sp³-hybridized carbons (Fsp3) is 0.300. The summed E-state index contributed by atoms with van der Waals surface area (Å²) in [6.45, 7) is 0. The lowest BCUT2D eigenvalue weighted by atomic mass is 10.3. The number of hydrogen-bond donors (Lipinski definition) is 1. The lowest BCUT2D eigenvalue weighted by Gasteiger charge is -1.94. The number of aryl methyl sites for hydroxylation is 1. The monoisotopic (exact) mass is 301 g/mol.